The van der Waals surface area contributed by atoms with Crippen molar-refractivity contribution in [2.45, 2.75) is 0 Å². The minimum absolute atomic E-state index is 0.240. The number of para-hydroxylation sites is 1. The number of carbonyl (C=O) groups excluding carboxylic acids is 1. The number of hydrogen-bond donors (Lipinski definition) is 0. The first-order valence-corrected chi connectivity index (χ1v) is 3.88. The molecule has 0 fully saturated rings. The average molecular weight is 176 g/mol. The Labute approximate surface area is 74.9 Å². The quantitative estimate of drug-likeness (QED) is 0.625. The molecule has 1 heterocycles. The van der Waals surface area contributed by atoms with Crippen LogP contribution in [0.5, 0.6) is 0 Å². The molecule has 3 nitrogen and oxygen atoms in total. The SMILES string of the molecule is COC(=O)c1cc2ccccc2o1. The summed E-state index contributed by atoms with van der Waals surface area (Å²) in [6.45, 7) is 0. The summed E-state index contributed by atoms with van der Waals surface area (Å²) in [5.74, 6) is -0.208. The van der Waals surface area contributed by atoms with E-state index in [1.54, 1.807) is 6.07 Å². The third-order valence-electron chi connectivity index (χ3n) is 1.81. The molecule has 3 heteroatoms. The molecule has 0 saturated carbocycles. The Morgan fingerprint density at radius 2 is 2.15 bits per heavy atom. The predicted molar refractivity (Wildman–Crippen MR) is 47.6 cm³/mol. The second kappa shape index (κ2) is 2.94. The van der Waals surface area contributed by atoms with Crippen molar-refractivity contribution in [3.05, 3.63) is 36.1 Å². The maximum atomic E-state index is 11.1. The Morgan fingerprint density at radius 1 is 1.38 bits per heavy atom. The predicted octanol–water partition coefficient (Wildman–Crippen LogP) is 2.22. The highest BCUT2D eigenvalue weighted by Gasteiger charge is 2.10. The van der Waals surface area contributed by atoms with Gasteiger partial charge in [-0.15, -0.1) is 0 Å². The summed E-state index contributed by atoms with van der Waals surface area (Å²) in [5.41, 5.74) is 0.697. The van der Waals surface area contributed by atoms with E-state index in [0.717, 1.165) is 5.39 Å². The molecule has 0 aliphatic carbocycles. The van der Waals surface area contributed by atoms with Crippen LogP contribution >= 0.6 is 0 Å². The first-order valence-electron chi connectivity index (χ1n) is 3.88. The Balaban J connectivity index is 2.56. The molecule has 66 valence electrons. The van der Waals surface area contributed by atoms with E-state index in [0.29, 0.717) is 5.58 Å². The van der Waals surface area contributed by atoms with Crippen LogP contribution in [0.2, 0.25) is 0 Å². The highest BCUT2D eigenvalue weighted by molar-refractivity contribution is 5.92. The summed E-state index contributed by atoms with van der Waals surface area (Å²) in [6, 6.07) is 9.10. The standard InChI is InChI=1S/C10H8O3/c1-12-10(11)9-6-7-4-2-3-5-8(7)13-9/h2-6H,1H3. The summed E-state index contributed by atoms with van der Waals surface area (Å²) in [6.07, 6.45) is 0. The molecule has 1 aromatic heterocycles. The van der Waals surface area contributed by atoms with Crippen molar-refractivity contribution in [3.8, 4) is 0 Å². The molecule has 0 atom stereocenters. The van der Waals surface area contributed by atoms with Crippen molar-refractivity contribution < 1.29 is 13.9 Å². The smallest absolute Gasteiger partial charge is 0.373 e. The largest absolute Gasteiger partial charge is 0.463 e. The van der Waals surface area contributed by atoms with Crippen LogP contribution in [0, 0.1) is 0 Å². The minimum atomic E-state index is -0.448. The van der Waals surface area contributed by atoms with E-state index in [1.165, 1.54) is 7.11 Å². The zero-order chi connectivity index (χ0) is 9.26. The van der Waals surface area contributed by atoms with E-state index in [1.807, 2.05) is 24.3 Å². The molecule has 0 aliphatic rings. The van der Waals surface area contributed by atoms with Crippen LogP contribution in [0.3, 0.4) is 0 Å². The molecule has 0 saturated heterocycles. The molecule has 2 aromatic rings. The lowest BCUT2D eigenvalue weighted by Crippen LogP contribution is -1.97. The molecule has 13 heavy (non-hydrogen) atoms. The summed E-state index contributed by atoms with van der Waals surface area (Å²) in [7, 11) is 1.33. The fraction of sp³-hybridized carbons (Fsp3) is 0.100. The summed E-state index contributed by atoms with van der Waals surface area (Å²) >= 11 is 0. The van der Waals surface area contributed by atoms with Gasteiger partial charge in [0.15, 0.2) is 0 Å². The van der Waals surface area contributed by atoms with Crippen LogP contribution in [0.4, 0.5) is 0 Å². The monoisotopic (exact) mass is 176 g/mol. The second-order valence-electron chi connectivity index (χ2n) is 2.64. The highest BCUT2D eigenvalue weighted by Crippen LogP contribution is 2.18. The van der Waals surface area contributed by atoms with Gasteiger partial charge in [-0.25, -0.2) is 4.79 Å². The Kier molecular flexibility index (Phi) is 1.77. The van der Waals surface area contributed by atoms with Gasteiger partial charge in [0, 0.05) is 5.39 Å². The van der Waals surface area contributed by atoms with E-state index >= 15 is 0 Å². The number of methoxy groups -OCH3 is 1. The van der Waals surface area contributed by atoms with Gasteiger partial charge in [0.2, 0.25) is 5.76 Å². The van der Waals surface area contributed by atoms with Gasteiger partial charge in [-0.05, 0) is 12.1 Å². The molecule has 0 spiro atoms. The molecular weight excluding hydrogens is 168 g/mol. The Morgan fingerprint density at radius 3 is 2.85 bits per heavy atom. The minimum Gasteiger partial charge on any atom is -0.463 e. The maximum Gasteiger partial charge on any atom is 0.373 e. The summed E-state index contributed by atoms with van der Waals surface area (Å²) < 4.78 is 9.78. The first-order chi connectivity index (χ1) is 6.31. The van der Waals surface area contributed by atoms with E-state index in [9.17, 15) is 4.79 Å². The lowest BCUT2D eigenvalue weighted by atomic mass is 10.2. The van der Waals surface area contributed by atoms with E-state index in [2.05, 4.69) is 4.74 Å². The van der Waals surface area contributed by atoms with Crippen LogP contribution in [-0.4, -0.2) is 13.1 Å². The van der Waals surface area contributed by atoms with Crippen LogP contribution in [0.1, 0.15) is 10.6 Å². The van der Waals surface area contributed by atoms with E-state index < -0.39 is 5.97 Å². The lowest BCUT2D eigenvalue weighted by Gasteiger charge is -1.90. The zero-order valence-corrected chi connectivity index (χ0v) is 7.11. The number of fused-ring (bicyclic) bond motifs is 1. The topological polar surface area (TPSA) is 39.4 Å². The third-order valence-corrected chi connectivity index (χ3v) is 1.81. The van der Waals surface area contributed by atoms with Gasteiger partial charge >= 0.3 is 5.97 Å². The van der Waals surface area contributed by atoms with Crippen molar-refractivity contribution in [1.29, 1.82) is 0 Å². The van der Waals surface area contributed by atoms with E-state index in [4.69, 9.17) is 4.42 Å². The van der Waals surface area contributed by atoms with Crippen molar-refractivity contribution >= 4 is 16.9 Å². The molecule has 0 amide bonds. The molecule has 0 aliphatic heterocycles. The molecule has 0 bridgehead atoms. The van der Waals surface area contributed by atoms with Gasteiger partial charge in [-0.1, -0.05) is 18.2 Å². The molecule has 0 N–H and O–H groups in total. The second-order valence-corrected chi connectivity index (χ2v) is 2.64. The average Bonchev–Trinajstić information content (AvgIpc) is 2.59. The van der Waals surface area contributed by atoms with Crippen molar-refractivity contribution in [2.24, 2.45) is 0 Å². The van der Waals surface area contributed by atoms with Gasteiger partial charge in [0.25, 0.3) is 0 Å². The fourth-order valence-electron chi connectivity index (χ4n) is 1.18. The van der Waals surface area contributed by atoms with Gasteiger partial charge < -0.3 is 9.15 Å². The fourth-order valence-corrected chi connectivity index (χ4v) is 1.18. The normalized spacial score (nSPS) is 10.2. The highest BCUT2D eigenvalue weighted by atomic mass is 16.5. The number of carbonyl (C=O) groups is 1. The van der Waals surface area contributed by atoms with Crippen molar-refractivity contribution in [2.75, 3.05) is 7.11 Å². The Hall–Kier alpha value is -1.77. The number of benzene rings is 1. The number of rotatable bonds is 1. The summed E-state index contributed by atoms with van der Waals surface area (Å²) in [4.78, 5) is 11.1. The Bertz CT molecular complexity index is 409. The maximum absolute atomic E-state index is 11.1. The van der Waals surface area contributed by atoms with Crippen LogP contribution in [0.15, 0.2) is 34.7 Å². The molecule has 0 unspecified atom stereocenters. The lowest BCUT2D eigenvalue weighted by molar-refractivity contribution is 0.0567. The zero-order valence-electron chi connectivity index (χ0n) is 7.11. The number of hydrogen-bond acceptors (Lipinski definition) is 3. The number of esters is 1. The van der Waals surface area contributed by atoms with Gasteiger partial charge in [0.1, 0.15) is 5.58 Å². The molecule has 0 radical (unpaired) electrons. The third kappa shape index (κ3) is 1.28. The molecule has 2 rings (SSSR count). The molecular formula is C10H8O3. The van der Waals surface area contributed by atoms with Gasteiger partial charge in [-0.2, -0.15) is 0 Å². The van der Waals surface area contributed by atoms with Crippen molar-refractivity contribution in [1.82, 2.24) is 0 Å². The van der Waals surface area contributed by atoms with Crippen LogP contribution < -0.4 is 0 Å². The van der Waals surface area contributed by atoms with E-state index in [-0.39, 0.29) is 5.76 Å². The number of ether oxygens (including phenoxy) is 1. The summed E-state index contributed by atoms with van der Waals surface area (Å²) in [5, 5.41) is 0.905. The first kappa shape index (κ1) is 7.86. The van der Waals surface area contributed by atoms with Gasteiger partial charge in [0.05, 0.1) is 7.11 Å². The van der Waals surface area contributed by atoms with Crippen LogP contribution in [0.25, 0.3) is 11.0 Å². The number of furan rings is 1. The van der Waals surface area contributed by atoms with Crippen LogP contribution in [-0.2, 0) is 4.74 Å². The van der Waals surface area contributed by atoms with Gasteiger partial charge in [-0.3, -0.25) is 0 Å². The molecule has 1 aromatic carbocycles. The van der Waals surface area contributed by atoms with Crippen molar-refractivity contribution in [3.63, 3.8) is 0 Å².